The van der Waals surface area contributed by atoms with Crippen LogP contribution in [0, 0.1) is 5.82 Å². The molecule has 2 aromatic carbocycles. The molecule has 0 radical (unpaired) electrons. The van der Waals surface area contributed by atoms with E-state index in [1.807, 2.05) is 5.43 Å². The Morgan fingerprint density at radius 3 is 2.68 bits per heavy atom. The van der Waals surface area contributed by atoms with Crippen LogP contribution in [0.4, 0.5) is 4.39 Å². The van der Waals surface area contributed by atoms with Crippen molar-refractivity contribution in [2.45, 2.75) is 6.61 Å². The van der Waals surface area contributed by atoms with Crippen LogP contribution in [0.15, 0.2) is 36.4 Å². The molecule has 0 spiro atoms. The van der Waals surface area contributed by atoms with Crippen molar-refractivity contribution in [1.29, 1.82) is 0 Å². The molecule has 25 heavy (non-hydrogen) atoms. The summed E-state index contributed by atoms with van der Waals surface area (Å²) in [6.45, 7) is 0.0833. The number of nitrogens with one attached hydrogen (secondary N) is 1. The smallest absolute Gasteiger partial charge is 0.257 e. The number of ether oxygens (including phenoxy) is 2. The molecule has 0 aliphatic heterocycles. The maximum atomic E-state index is 13.1. The third-order valence-corrected chi connectivity index (χ3v) is 3.84. The van der Waals surface area contributed by atoms with Crippen molar-refractivity contribution >= 4 is 35.2 Å². The number of hydrogen-bond donors (Lipinski definition) is 2. The predicted octanol–water partition coefficient (Wildman–Crippen LogP) is 3.72. The number of hydrazine groups is 1. The third-order valence-electron chi connectivity index (χ3n) is 3.21. The van der Waals surface area contributed by atoms with Gasteiger partial charge in [-0.1, -0.05) is 29.3 Å². The van der Waals surface area contributed by atoms with E-state index in [2.05, 4.69) is 0 Å². The van der Waals surface area contributed by atoms with Crippen LogP contribution in [0.25, 0.3) is 6.08 Å². The Bertz CT molecular complexity index is 813. The van der Waals surface area contributed by atoms with Crippen LogP contribution in [0.5, 0.6) is 11.5 Å². The van der Waals surface area contributed by atoms with E-state index in [1.54, 1.807) is 12.1 Å². The van der Waals surface area contributed by atoms with E-state index in [4.69, 9.17) is 38.5 Å². The molecule has 0 unspecified atom stereocenters. The van der Waals surface area contributed by atoms with E-state index in [1.165, 1.54) is 37.5 Å². The van der Waals surface area contributed by atoms with Gasteiger partial charge in [0.2, 0.25) is 0 Å². The molecule has 5 nitrogen and oxygen atoms in total. The molecule has 0 saturated heterocycles. The Kier molecular flexibility index (Phi) is 6.64. The molecule has 2 rings (SSSR count). The Morgan fingerprint density at radius 1 is 1.28 bits per heavy atom. The van der Waals surface area contributed by atoms with E-state index in [9.17, 15) is 9.18 Å². The number of amides is 1. The molecule has 0 heterocycles. The lowest BCUT2D eigenvalue weighted by atomic mass is 10.1. The molecule has 0 aromatic heterocycles. The average molecular weight is 385 g/mol. The number of nitrogens with two attached hydrogens (primary N) is 1. The quantitative estimate of drug-likeness (QED) is 0.344. The summed E-state index contributed by atoms with van der Waals surface area (Å²) < 4.78 is 24.0. The monoisotopic (exact) mass is 384 g/mol. The first-order chi connectivity index (χ1) is 11.9. The summed E-state index contributed by atoms with van der Waals surface area (Å²) in [5, 5.41) is 0.535. The zero-order valence-electron chi connectivity index (χ0n) is 13.2. The SMILES string of the molecule is COc1cc(/C=C/C(=O)NN)cc(Cl)c1OCc1ccc(F)cc1Cl. The summed E-state index contributed by atoms with van der Waals surface area (Å²) in [6.07, 6.45) is 2.78. The zero-order valence-corrected chi connectivity index (χ0v) is 14.7. The van der Waals surface area contributed by atoms with Gasteiger partial charge in [0.15, 0.2) is 11.5 Å². The maximum absolute atomic E-state index is 13.1. The molecule has 0 aliphatic carbocycles. The highest BCUT2D eigenvalue weighted by Crippen LogP contribution is 2.37. The van der Waals surface area contributed by atoms with E-state index < -0.39 is 11.7 Å². The summed E-state index contributed by atoms with van der Waals surface area (Å²) in [4.78, 5) is 11.2. The fourth-order valence-electron chi connectivity index (χ4n) is 1.98. The van der Waals surface area contributed by atoms with E-state index in [-0.39, 0.29) is 16.7 Å². The molecule has 0 bridgehead atoms. The van der Waals surface area contributed by atoms with Crippen molar-refractivity contribution in [1.82, 2.24) is 5.43 Å². The number of rotatable bonds is 6. The van der Waals surface area contributed by atoms with E-state index >= 15 is 0 Å². The van der Waals surface area contributed by atoms with Gasteiger partial charge >= 0.3 is 0 Å². The number of halogens is 3. The van der Waals surface area contributed by atoms with Gasteiger partial charge in [0.25, 0.3) is 5.91 Å². The van der Waals surface area contributed by atoms with Crippen molar-refractivity contribution in [2.75, 3.05) is 7.11 Å². The molecule has 0 saturated carbocycles. The Hall–Kier alpha value is -2.28. The van der Waals surface area contributed by atoms with Gasteiger partial charge in [-0.05, 0) is 35.9 Å². The standard InChI is InChI=1S/C17H15Cl2FN2O3/c1-24-15-7-10(2-5-16(23)22-21)6-14(19)17(15)25-9-11-3-4-12(20)8-13(11)18/h2-8H,9,21H2,1H3,(H,22,23)/b5-2+. The summed E-state index contributed by atoms with van der Waals surface area (Å²) in [7, 11) is 1.46. The highest BCUT2D eigenvalue weighted by Gasteiger charge is 2.13. The lowest BCUT2D eigenvalue weighted by Gasteiger charge is -2.14. The summed E-state index contributed by atoms with van der Waals surface area (Å²) >= 11 is 12.2. The minimum atomic E-state index is -0.457. The number of carbonyl (C=O) groups is 1. The molecule has 0 fully saturated rings. The summed E-state index contributed by atoms with van der Waals surface area (Å²) in [5.74, 6) is 4.80. The second-order valence-corrected chi connectivity index (χ2v) is 5.71. The molecular weight excluding hydrogens is 370 g/mol. The van der Waals surface area contributed by atoms with Crippen molar-refractivity contribution in [3.05, 3.63) is 63.4 Å². The Morgan fingerprint density at radius 2 is 2.04 bits per heavy atom. The van der Waals surface area contributed by atoms with Gasteiger partial charge in [0.05, 0.1) is 17.2 Å². The number of carbonyl (C=O) groups excluding carboxylic acids is 1. The molecule has 132 valence electrons. The molecule has 8 heteroatoms. The number of benzene rings is 2. The van der Waals surface area contributed by atoms with Crippen LogP contribution in [-0.2, 0) is 11.4 Å². The number of methoxy groups -OCH3 is 1. The molecule has 3 N–H and O–H groups in total. The summed E-state index contributed by atoms with van der Waals surface area (Å²) in [6, 6.07) is 7.27. The van der Waals surface area contributed by atoms with Crippen molar-refractivity contribution in [3.8, 4) is 11.5 Å². The lowest BCUT2D eigenvalue weighted by Crippen LogP contribution is -2.27. The van der Waals surface area contributed by atoms with Gasteiger partial charge < -0.3 is 9.47 Å². The highest BCUT2D eigenvalue weighted by molar-refractivity contribution is 6.32. The van der Waals surface area contributed by atoms with E-state index in [0.717, 1.165) is 0 Å². The second kappa shape index (κ2) is 8.71. The topological polar surface area (TPSA) is 73.6 Å². The van der Waals surface area contributed by atoms with Crippen LogP contribution in [0.1, 0.15) is 11.1 Å². The van der Waals surface area contributed by atoms with Gasteiger partial charge in [0.1, 0.15) is 12.4 Å². The minimum absolute atomic E-state index is 0.0833. The van der Waals surface area contributed by atoms with Crippen molar-refractivity contribution in [2.24, 2.45) is 5.84 Å². The van der Waals surface area contributed by atoms with Gasteiger partial charge in [-0.25, -0.2) is 10.2 Å². The molecule has 1 amide bonds. The number of hydrogen-bond acceptors (Lipinski definition) is 4. The fraction of sp³-hybridized carbons (Fsp3) is 0.118. The molecule has 2 aromatic rings. The Balaban J connectivity index is 2.22. The second-order valence-electron chi connectivity index (χ2n) is 4.90. The van der Waals surface area contributed by atoms with Crippen LogP contribution < -0.4 is 20.7 Å². The van der Waals surface area contributed by atoms with Gasteiger partial charge in [0, 0.05) is 11.6 Å². The van der Waals surface area contributed by atoms with Gasteiger partial charge in [-0.2, -0.15) is 0 Å². The zero-order chi connectivity index (χ0) is 18.4. The lowest BCUT2D eigenvalue weighted by molar-refractivity contribution is -0.116. The van der Waals surface area contributed by atoms with Crippen molar-refractivity contribution in [3.63, 3.8) is 0 Å². The van der Waals surface area contributed by atoms with Crippen LogP contribution in [-0.4, -0.2) is 13.0 Å². The third kappa shape index (κ3) is 5.09. The first-order valence-electron chi connectivity index (χ1n) is 7.07. The Labute approximate surface area is 154 Å². The average Bonchev–Trinajstić information content (AvgIpc) is 2.59. The largest absolute Gasteiger partial charge is 0.493 e. The fourth-order valence-corrected chi connectivity index (χ4v) is 2.48. The van der Waals surface area contributed by atoms with Crippen LogP contribution >= 0.6 is 23.2 Å². The minimum Gasteiger partial charge on any atom is -0.493 e. The summed E-state index contributed by atoms with van der Waals surface area (Å²) in [5.41, 5.74) is 3.21. The normalized spacial score (nSPS) is 10.8. The molecular formula is C17H15Cl2FN2O3. The molecule has 0 atom stereocenters. The predicted molar refractivity (Wildman–Crippen MR) is 95.1 cm³/mol. The maximum Gasteiger partial charge on any atom is 0.257 e. The van der Waals surface area contributed by atoms with Crippen LogP contribution in [0.2, 0.25) is 10.0 Å². The van der Waals surface area contributed by atoms with E-state index in [0.29, 0.717) is 22.6 Å². The van der Waals surface area contributed by atoms with Crippen molar-refractivity contribution < 1.29 is 18.7 Å². The van der Waals surface area contributed by atoms with Crippen LogP contribution in [0.3, 0.4) is 0 Å². The molecule has 0 aliphatic rings. The first-order valence-corrected chi connectivity index (χ1v) is 7.83. The first kappa shape index (κ1) is 19.1. The highest BCUT2D eigenvalue weighted by atomic mass is 35.5. The van der Waals surface area contributed by atoms with Gasteiger partial charge in [-0.3, -0.25) is 10.2 Å². The van der Waals surface area contributed by atoms with Gasteiger partial charge in [-0.15, -0.1) is 0 Å².